The number of hydrogen-bond donors (Lipinski definition) is 0. The molecule has 0 unspecified atom stereocenters. The maximum atomic E-state index is 12.4. The van der Waals surface area contributed by atoms with Crippen molar-refractivity contribution in [3.05, 3.63) is 27.2 Å². The summed E-state index contributed by atoms with van der Waals surface area (Å²) in [6, 6.07) is 0. The average molecular weight is 266 g/mol. The van der Waals surface area contributed by atoms with E-state index in [4.69, 9.17) is 0 Å². The molecule has 0 fully saturated rings. The lowest BCUT2D eigenvalue weighted by Gasteiger charge is -2.20. The van der Waals surface area contributed by atoms with E-state index in [1.54, 1.807) is 32.8 Å². The lowest BCUT2D eigenvalue weighted by Crippen LogP contribution is -2.39. The summed E-state index contributed by atoms with van der Waals surface area (Å²) in [5, 5.41) is 4.07. The summed E-state index contributed by atoms with van der Waals surface area (Å²) in [4.78, 5) is 28.0. The molecule has 0 spiro atoms. The van der Waals surface area contributed by atoms with Crippen LogP contribution in [0, 0.1) is 13.8 Å². The van der Waals surface area contributed by atoms with Crippen LogP contribution in [0.3, 0.4) is 0 Å². The van der Waals surface area contributed by atoms with Crippen molar-refractivity contribution in [3.8, 4) is 0 Å². The molecule has 0 atom stereocenters. The molecule has 0 aliphatic rings. The molecular formula is C13H22N4O2. The number of aromatic nitrogens is 2. The molecule has 1 aromatic heterocycles. The summed E-state index contributed by atoms with van der Waals surface area (Å²) in [5.74, 6) is -0.245. The molecule has 0 radical (unpaired) electrons. The Morgan fingerprint density at radius 3 is 2.32 bits per heavy atom. The number of amides is 1. The van der Waals surface area contributed by atoms with Crippen molar-refractivity contribution in [2.75, 3.05) is 34.2 Å². The maximum Gasteiger partial charge on any atom is 0.279 e. The quantitative estimate of drug-likeness (QED) is 0.771. The number of carbonyl (C=O) groups excluding carboxylic acids is 1. The van der Waals surface area contributed by atoms with Crippen molar-refractivity contribution >= 4 is 5.91 Å². The van der Waals surface area contributed by atoms with Crippen LogP contribution >= 0.6 is 0 Å². The van der Waals surface area contributed by atoms with Crippen molar-refractivity contribution in [3.63, 3.8) is 0 Å². The third-order valence-corrected chi connectivity index (χ3v) is 3.17. The van der Waals surface area contributed by atoms with Crippen LogP contribution in [0.2, 0.25) is 0 Å². The lowest BCUT2D eigenvalue weighted by atomic mass is 10.1. The Morgan fingerprint density at radius 2 is 1.79 bits per heavy atom. The summed E-state index contributed by atoms with van der Waals surface area (Å²) in [6.07, 6.45) is 0. The largest absolute Gasteiger partial charge is 0.340 e. The van der Waals surface area contributed by atoms with Crippen LogP contribution in [0.5, 0.6) is 0 Å². The highest BCUT2D eigenvalue weighted by Gasteiger charge is 2.20. The molecule has 0 aliphatic heterocycles. The Hall–Kier alpha value is -1.69. The molecule has 1 heterocycles. The van der Waals surface area contributed by atoms with Gasteiger partial charge in [0, 0.05) is 27.2 Å². The smallest absolute Gasteiger partial charge is 0.279 e. The molecule has 6 heteroatoms. The molecule has 19 heavy (non-hydrogen) atoms. The topological polar surface area (TPSA) is 58.4 Å². The molecular weight excluding hydrogens is 244 g/mol. The number of likely N-dealkylation sites (N-methyl/N-ethyl adjacent to an activating group) is 2. The highest BCUT2D eigenvalue weighted by molar-refractivity contribution is 5.95. The summed E-state index contributed by atoms with van der Waals surface area (Å²) in [6.45, 7) is 4.89. The van der Waals surface area contributed by atoms with Crippen molar-refractivity contribution in [2.45, 2.75) is 13.8 Å². The van der Waals surface area contributed by atoms with Gasteiger partial charge in [0.05, 0.1) is 5.69 Å². The van der Waals surface area contributed by atoms with E-state index in [9.17, 15) is 9.59 Å². The first-order valence-electron chi connectivity index (χ1n) is 6.20. The van der Waals surface area contributed by atoms with Crippen LogP contribution in [0.4, 0.5) is 0 Å². The van der Waals surface area contributed by atoms with Gasteiger partial charge in [-0.15, -0.1) is 0 Å². The van der Waals surface area contributed by atoms with E-state index in [0.717, 1.165) is 6.54 Å². The second kappa shape index (κ2) is 5.97. The fourth-order valence-corrected chi connectivity index (χ4v) is 1.74. The van der Waals surface area contributed by atoms with Gasteiger partial charge in [-0.05, 0) is 33.5 Å². The van der Waals surface area contributed by atoms with Gasteiger partial charge in [0.2, 0.25) is 0 Å². The molecule has 106 valence electrons. The molecule has 0 saturated heterocycles. The van der Waals surface area contributed by atoms with Gasteiger partial charge < -0.3 is 9.80 Å². The molecule has 1 aromatic rings. The third-order valence-electron chi connectivity index (χ3n) is 3.17. The fourth-order valence-electron chi connectivity index (χ4n) is 1.74. The molecule has 0 aliphatic carbocycles. The molecule has 0 aromatic carbocycles. The molecule has 0 bridgehead atoms. The van der Waals surface area contributed by atoms with Gasteiger partial charge in [-0.2, -0.15) is 5.10 Å². The molecule has 0 N–H and O–H groups in total. The van der Waals surface area contributed by atoms with Gasteiger partial charge in [-0.1, -0.05) is 0 Å². The average Bonchev–Trinajstić information content (AvgIpc) is 2.33. The normalized spacial score (nSPS) is 10.9. The number of nitrogens with zero attached hydrogens (tertiary/aromatic N) is 4. The van der Waals surface area contributed by atoms with Gasteiger partial charge in [0.25, 0.3) is 11.5 Å². The summed E-state index contributed by atoms with van der Waals surface area (Å²) in [5.41, 5.74) is 1.23. The molecule has 1 rings (SSSR count). The summed E-state index contributed by atoms with van der Waals surface area (Å²) in [7, 11) is 7.16. The third kappa shape index (κ3) is 3.41. The Labute approximate surface area is 113 Å². The molecule has 1 amide bonds. The van der Waals surface area contributed by atoms with E-state index in [1.165, 1.54) is 4.68 Å². The Morgan fingerprint density at radius 1 is 1.21 bits per heavy atom. The van der Waals surface area contributed by atoms with Crippen LogP contribution in [0.1, 0.15) is 21.6 Å². The minimum absolute atomic E-state index is 0.219. The van der Waals surface area contributed by atoms with Gasteiger partial charge in [0.1, 0.15) is 5.56 Å². The summed E-state index contributed by atoms with van der Waals surface area (Å²) < 4.78 is 1.22. The van der Waals surface area contributed by atoms with E-state index in [1.807, 2.05) is 19.0 Å². The van der Waals surface area contributed by atoms with E-state index >= 15 is 0 Å². The first kappa shape index (κ1) is 15.4. The van der Waals surface area contributed by atoms with Crippen LogP contribution in [0.15, 0.2) is 4.79 Å². The number of carbonyl (C=O) groups is 1. The first-order chi connectivity index (χ1) is 8.75. The van der Waals surface area contributed by atoms with Crippen LogP contribution < -0.4 is 5.56 Å². The van der Waals surface area contributed by atoms with Crippen LogP contribution in [0.25, 0.3) is 0 Å². The van der Waals surface area contributed by atoms with Gasteiger partial charge in [0.15, 0.2) is 0 Å². The lowest BCUT2D eigenvalue weighted by molar-refractivity contribution is 0.0782. The second-order valence-electron chi connectivity index (χ2n) is 5.04. The Bertz CT molecular complexity index is 534. The van der Waals surface area contributed by atoms with Gasteiger partial charge >= 0.3 is 0 Å². The monoisotopic (exact) mass is 266 g/mol. The highest BCUT2D eigenvalue weighted by Crippen LogP contribution is 2.08. The molecule has 6 nitrogen and oxygen atoms in total. The minimum Gasteiger partial charge on any atom is -0.340 e. The van der Waals surface area contributed by atoms with E-state index in [0.29, 0.717) is 17.8 Å². The van der Waals surface area contributed by atoms with Gasteiger partial charge in [-0.25, -0.2) is 4.68 Å². The predicted octanol–water partition coefficient (Wildman–Crippen LogP) is 0.0307. The Balaban J connectivity index is 3.09. The zero-order valence-electron chi connectivity index (χ0n) is 12.5. The SMILES string of the molecule is Cc1nn(C)c(=O)c(C(=O)N(C)CCN(C)C)c1C. The minimum atomic E-state index is -0.343. The van der Waals surface area contributed by atoms with E-state index < -0.39 is 0 Å². The van der Waals surface area contributed by atoms with Gasteiger partial charge in [-0.3, -0.25) is 9.59 Å². The Kier molecular flexibility index (Phi) is 4.83. The zero-order chi connectivity index (χ0) is 14.7. The van der Waals surface area contributed by atoms with E-state index in [2.05, 4.69) is 5.10 Å². The van der Waals surface area contributed by atoms with Crippen LogP contribution in [-0.2, 0) is 7.05 Å². The number of aryl methyl sites for hydroxylation is 2. The maximum absolute atomic E-state index is 12.4. The highest BCUT2D eigenvalue weighted by atomic mass is 16.2. The van der Waals surface area contributed by atoms with Crippen LogP contribution in [-0.4, -0.2) is 59.7 Å². The number of rotatable bonds is 4. The first-order valence-corrected chi connectivity index (χ1v) is 6.20. The molecule has 0 saturated carbocycles. The predicted molar refractivity (Wildman–Crippen MR) is 74.5 cm³/mol. The van der Waals surface area contributed by atoms with Crippen molar-refractivity contribution in [2.24, 2.45) is 7.05 Å². The number of hydrogen-bond acceptors (Lipinski definition) is 4. The van der Waals surface area contributed by atoms with Crippen molar-refractivity contribution in [1.29, 1.82) is 0 Å². The fraction of sp³-hybridized carbons (Fsp3) is 0.615. The summed E-state index contributed by atoms with van der Waals surface area (Å²) >= 11 is 0. The van der Waals surface area contributed by atoms with E-state index in [-0.39, 0.29) is 17.0 Å². The zero-order valence-corrected chi connectivity index (χ0v) is 12.5. The van der Waals surface area contributed by atoms with Crippen molar-refractivity contribution in [1.82, 2.24) is 19.6 Å². The van der Waals surface area contributed by atoms with Crippen molar-refractivity contribution < 1.29 is 4.79 Å². The standard InChI is InChI=1S/C13H22N4O2/c1-9-10(2)14-17(6)13(19)11(9)12(18)16(5)8-7-15(3)4/h7-8H2,1-6H3. The second-order valence-corrected chi connectivity index (χ2v) is 5.04.